The Morgan fingerprint density at radius 1 is 1.21 bits per heavy atom. The second kappa shape index (κ2) is 7.79. The van der Waals surface area contributed by atoms with E-state index in [1.165, 1.54) is 47.4 Å². The van der Waals surface area contributed by atoms with Crippen molar-refractivity contribution in [3.05, 3.63) is 58.9 Å². The smallest absolute Gasteiger partial charge is 0.338 e. The number of nitrogens with zero attached hydrogens (tertiary/aromatic N) is 1. The quantitative estimate of drug-likeness (QED) is 0.663. The van der Waals surface area contributed by atoms with E-state index in [1.54, 1.807) is 6.92 Å². The molecule has 2 rings (SSSR count). The lowest BCUT2D eigenvalue weighted by atomic mass is 10.2. The van der Waals surface area contributed by atoms with Crippen molar-refractivity contribution in [1.29, 1.82) is 0 Å². The molecule has 0 aromatic heterocycles. The summed E-state index contributed by atoms with van der Waals surface area (Å²) < 4.78 is 18.0. The number of likely N-dealkylation sites (N-methyl/N-ethyl adjacent to an activating group) is 1. The summed E-state index contributed by atoms with van der Waals surface area (Å²) in [6.45, 7) is 1.69. The molecule has 126 valence electrons. The molecule has 0 heterocycles. The highest BCUT2D eigenvalue weighted by Gasteiger charge is 2.17. The highest BCUT2D eigenvalue weighted by Crippen LogP contribution is 2.20. The maximum Gasteiger partial charge on any atom is 0.338 e. The number of carbonyl (C=O) groups excluding carboxylic acids is 2. The molecule has 0 unspecified atom stereocenters. The molecule has 0 radical (unpaired) electrons. The molecule has 0 aliphatic carbocycles. The van der Waals surface area contributed by atoms with Crippen molar-refractivity contribution < 1.29 is 18.7 Å². The molecular formula is C17H16ClFN2O3. The Bertz CT molecular complexity index is 750. The van der Waals surface area contributed by atoms with Crippen LogP contribution < -0.4 is 10.6 Å². The minimum Gasteiger partial charge on any atom is -0.452 e. The van der Waals surface area contributed by atoms with Crippen LogP contribution in [0.3, 0.4) is 0 Å². The maximum absolute atomic E-state index is 13.0. The molecule has 2 aromatic rings. The molecule has 0 aliphatic rings. The largest absolute Gasteiger partial charge is 0.452 e. The van der Waals surface area contributed by atoms with Crippen LogP contribution in [0.15, 0.2) is 42.5 Å². The predicted molar refractivity (Wildman–Crippen MR) is 90.6 cm³/mol. The van der Waals surface area contributed by atoms with Gasteiger partial charge < -0.3 is 15.4 Å². The lowest BCUT2D eigenvalue weighted by molar-refractivity contribution is -0.121. The number of halogens is 2. The number of rotatable bonds is 5. The molecule has 0 saturated heterocycles. The Balaban J connectivity index is 2.01. The number of hydrogen-bond acceptors (Lipinski definition) is 4. The van der Waals surface area contributed by atoms with Crippen LogP contribution in [-0.2, 0) is 9.53 Å². The molecule has 2 N–H and O–H groups in total. The highest BCUT2D eigenvalue weighted by molar-refractivity contribution is 6.33. The van der Waals surface area contributed by atoms with Gasteiger partial charge in [-0.3, -0.25) is 4.79 Å². The number of hydrogen-bond donors (Lipinski definition) is 1. The van der Waals surface area contributed by atoms with Gasteiger partial charge in [0.25, 0.3) is 5.91 Å². The molecule has 2 aromatic carbocycles. The lowest BCUT2D eigenvalue weighted by Gasteiger charge is -2.20. The van der Waals surface area contributed by atoms with Gasteiger partial charge in [0, 0.05) is 12.2 Å². The summed E-state index contributed by atoms with van der Waals surface area (Å²) in [5.41, 5.74) is 6.60. The third-order valence-electron chi connectivity index (χ3n) is 3.31. The van der Waals surface area contributed by atoms with Crippen molar-refractivity contribution in [3.8, 4) is 0 Å². The second-order valence-electron chi connectivity index (χ2n) is 4.93. The number of ether oxygens (including phenoxy) is 1. The third-order valence-corrected chi connectivity index (χ3v) is 3.66. The Morgan fingerprint density at radius 3 is 2.46 bits per heavy atom. The van der Waals surface area contributed by atoms with Crippen LogP contribution in [0.5, 0.6) is 0 Å². The zero-order valence-corrected chi connectivity index (χ0v) is 13.7. The molecule has 0 bridgehead atoms. The van der Waals surface area contributed by atoms with Crippen LogP contribution in [0.25, 0.3) is 0 Å². The summed E-state index contributed by atoms with van der Waals surface area (Å²) in [5, 5.41) is 0.330. The van der Waals surface area contributed by atoms with Crippen LogP contribution in [-0.4, -0.2) is 25.0 Å². The van der Waals surface area contributed by atoms with Crippen LogP contribution >= 0.6 is 11.6 Å². The number of anilines is 2. The molecule has 0 fully saturated rings. The molecule has 0 spiro atoms. The number of benzene rings is 2. The van der Waals surface area contributed by atoms with Gasteiger partial charge in [-0.2, -0.15) is 0 Å². The Morgan fingerprint density at radius 2 is 1.88 bits per heavy atom. The van der Waals surface area contributed by atoms with E-state index in [0.29, 0.717) is 17.3 Å². The van der Waals surface area contributed by atoms with Crippen molar-refractivity contribution in [1.82, 2.24) is 0 Å². The summed E-state index contributed by atoms with van der Waals surface area (Å²) in [6, 6.07) is 9.81. The molecule has 0 atom stereocenters. The second-order valence-corrected chi connectivity index (χ2v) is 5.33. The van der Waals surface area contributed by atoms with E-state index in [2.05, 4.69) is 0 Å². The average Bonchev–Trinajstić information content (AvgIpc) is 2.57. The van der Waals surface area contributed by atoms with Crippen LogP contribution in [0.1, 0.15) is 17.3 Å². The van der Waals surface area contributed by atoms with E-state index in [-0.39, 0.29) is 11.3 Å². The van der Waals surface area contributed by atoms with Crippen LogP contribution in [0.2, 0.25) is 5.02 Å². The highest BCUT2D eigenvalue weighted by atomic mass is 35.5. The van der Waals surface area contributed by atoms with Gasteiger partial charge in [0.15, 0.2) is 6.61 Å². The summed E-state index contributed by atoms with van der Waals surface area (Å²) in [4.78, 5) is 25.6. The fourth-order valence-electron chi connectivity index (χ4n) is 2.08. The normalized spacial score (nSPS) is 10.3. The molecule has 7 heteroatoms. The first-order valence-corrected chi connectivity index (χ1v) is 7.58. The van der Waals surface area contributed by atoms with Crippen molar-refractivity contribution in [2.75, 3.05) is 23.8 Å². The van der Waals surface area contributed by atoms with Gasteiger partial charge >= 0.3 is 5.97 Å². The molecule has 0 aliphatic heterocycles. The Labute approximate surface area is 143 Å². The van der Waals surface area contributed by atoms with E-state index in [1.807, 2.05) is 0 Å². The van der Waals surface area contributed by atoms with Crippen molar-refractivity contribution in [2.45, 2.75) is 6.92 Å². The topological polar surface area (TPSA) is 72.6 Å². The molecular weight excluding hydrogens is 335 g/mol. The first-order chi connectivity index (χ1) is 11.4. The van der Waals surface area contributed by atoms with E-state index in [4.69, 9.17) is 22.1 Å². The number of amides is 1. The first-order valence-electron chi connectivity index (χ1n) is 7.20. The lowest BCUT2D eigenvalue weighted by Crippen LogP contribution is -2.34. The van der Waals surface area contributed by atoms with Crippen LogP contribution in [0.4, 0.5) is 15.8 Å². The van der Waals surface area contributed by atoms with Crippen molar-refractivity contribution >= 4 is 34.9 Å². The van der Waals surface area contributed by atoms with Gasteiger partial charge in [-0.1, -0.05) is 11.6 Å². The number of nitrogens with two attached hydrogens (primary N) is 1. The van der Waals surface area contributed by atoms with E-state index in [0.717, 1.165) is 0 Å². The molecule has 24 heavy (non-hydrogen) atoms. The zero-order chi connectivity index (χ0) is 17.7. The van der Waals surface area contributed by atoms with E-state index in [9.17, 15) is 14.0 Å². The third kappa shape index (κ3) is 4.23. The summed E-state index contributed by atoms with van der Waals surface area (Å²) in [6.07, 6.45) is 0. The van der Waals surface area contributed by atoms with Gasteiger partial charge in [0.05, 0.1) is 16.3 Å². The number of nitrogen functional groups attached to an aromatic ring is 1. The van der Waals surface area contributed by atoms with Gasteiger partial charge in [0.1, 0.15) is 5.82 Å². The van der Waals surface area contributed by atoms with Gasteiger partial charge in [0.2, 0.25) is 0 Å². The minimum atomic E-state index is -0.679. The van der Waals surface area contributed by atoms with Gasteiger partial charge in [-0.15, -0.1) is 0 Å². The number of carbonyl (C=O) groups is 2. The Kier molecular flexibility index (Phi) is 5.76. The van der Waals surface area contributed by atoms with Crippen LogP contribution in [0, 0.1) is 5.82 Å². The van der Waals surface area contributed by atoms with E-state index < -0.39 is 24.3 Å². The zero-order valence-electron chi connectivity index (χ0n) is 13.0. The molecule has 5 nitrogen and oxygen atoms in total. The fraction of sp³-hybridized carbons (Fsp3) is 0.176. The fourth-order valence-corrected chi connectivity index (χ4v) is 2.20. The summed E-state index contributed by atoms with van der Waals surface area (Å²) in [7, 11) is 0. The molecule has 0 saturated carbocycles. The van der Waals surface area contributed by atoms with Crippen molar-refractivity contribution in [2.24, 2.45) is 0 Å². The van der Waals surface area contributed by atoms with Crippen molar-refractivity contribution in [3.63, 3.8) is 0 Å². The minimum absolute atomic E-state index is 0.203. The maximum atomic E-state index is 13.0. The average molecular weight is 351 g/mol. The summed E-state index contributed by atoms with van der Waals surface area (Å²) >= 11 is 5.79. The predicted octanol–water partition coefficient (Wildman–Crippen LogP) is 3.27. The SMILES string of the molecule is CCN(C(=O)COC(=O)c1ccc(Cl)c(N)c1)c1ccc(F)cc1. The van der Waals surface area contributed by atoms with Gasteiger partial charge in [-0.05, 0) is 49.4 Å². The van der Waals surface area contributed by atoms with Gasteiger partial charge in [-0.25, -0.2) is 9.18 Å². The summed E-state index contributed by atoms with van der Waals surface area (Å²) in [5.74, 6) is -1.49. The molecule has 1 amide bonds. The standard InChI is InChI=1S/C17H16ClFN2O3/c1-2-21(13-6-4-12(19)5-7-13)16(22)10-24-17(23)11-3-8-14(18)15(20)9-11/h3-9H,2,10,20H2,1H3. The first kappa shape index (κ1) is 17.7. The Hall–Kier alpha value is -2.60. The monoisotopic (exact) mass is 350 g/mol. The van der Waals surface area contributed by atoms with E-state index >= 15 is 0 Å². The number of esters is 1.